The number of amides is 1. The number of carbonyl (C=O) groups excluding carboxylic acids is 1. The van der Waals surface area contributed by atoms with Gasteiger partial charge in [-0.3, -0.25) is 4.79 Å². The average Bonchev–Trinajstić information content (AvgIpc) is 3.49. The Morgan fingerprint density at radius 1 is 1.19 bits per heavy atom. The molecule has 2 aliphatic heterocycles. The number of benzene rings is 1. The SMILES string of the molecule is CCC(=O)N1CCc2cc(S(=O)(=O)N3CCCC3c3ccnc4cc(C)nn34)ccc21. The van der Waals surface area contributed by atoms with Gasteiger partial charge in [-0.1, -0.05) is 6.92 Å². The van der Waals surface area contributed by atoms with Crippen LogP contribution in [0.5, 0.6) is 0 Å². The summed E-state index contributed by atoms with van der Waals surface area (Å²) in [6.07, 6.45) is 4.34. The van der Waals surface area contributed by atoms with Gasteiger partial charge >= 0.3 is 0 Å². The lowest BCUT2D eigenvalue weighted by atomic mass is 10.1. The summed E-state index contributed by atoms with van der Waals surface area (Å²) in [6.45, 7) is 4.81. The number of anilines is 1. The minimum absolute atomic E-state index is 0.0604. The molecule has 0 spiro atoms. The van der Waals surface area contributed by atoms with Crippen LogP contribution in [-0.4, -0.2) is 46.3 Å². The highest BCUT2D eigenvalue weighted by Gasteiger charge is 2.38. The number of sulfonamides is 1. The van der Waals surface area contributed by atoms with Crippen molar-refractivity contribution in [1.82, 2.24) is 18.9 Å². The molecule has 2 aliphatic rings. The first-order chi connectivity index (χ1) is 14.9. The molecule has 1 saturated heterocycles. The van der Waals surface area contributed by atoms with Gasteiger partial charge in [0.15, 0.2) is 5.65 Å². The Balaban J connectivity index is 1.51. The van der Waals surface area contributed by atoms with Crippen LogP contribution in [0.25, 0.3) is 5.65 Å². The molecule has 162 valence electrons. The number of hydrogen-bond donors (Lipinski definition) is 0. The number of aromatic nitrogens is 3. The smallest absolute Gasteiger partial charge is 0.243 e. The van der Waals surface area contributed by atoms with Crippen LogP contribution < -0.4 is 4.90 Å². The molecule has 8 nitrogen and oxygen atoms in total. The highest BCUT2D eigenvalue weighted by atomic mass is 32.2. The van der Waals surface area contributed by atoms with Crippen LogP contribution in [0.1, 0.15) is 49.2 Å². The number of fused-ring (bicyclic) bond motifs is 2. The molecule has 0 saturated carbocycles. The van der Waals surface area contributed by atoms with Crippen LogP contribution in [0.15, 0.2) is 41.4 Å². The lowest BCUT2D eigenvalue weighted by molar-refractivity contribution is -0.118. The van der Waals surface area contributed by atoms with Crippen molar-refractivity contribution in [3.63, 3.8) is 0 Å². The van der Waals surface area contributed by atoms with Crippen LogP contribution in [-0.2, 0) is 21.2 Å². The van der Waals surface area contributed by atoms with Gasteiger partial charge in [-0.25, -0.2) is 17.9 Å². The summed E-state index contributed by atoms with van der Waals surface area (Å²) in [5.74, 6) is 0.0604. The van der Waals surface area contributed by atoms with Crippen molar-refractivity contribution in [2.75, 3.05) is 18.0 Å². The summed E-state index contributed by atoms with van der Waals surface area (Å²) in [5, 5.41) is 4.52. The van der Waals surface area contributed by atoms with Gasteiger partial charge < -0.3 is 4.90 Å². The van der Waals surface area contributed by atoms with Gasteiger partial charge in [0.2, 0.25) is 15.9 Å². The number of rotatable bonds is 4. The fourth-order valence-electron chi connectivity index (χ4n) is 4.73. The van der Waals surface area contributed by atoms with Crippen molar-refractivity contribution in [2.24, 2.45) is 0 Å². The molecule has 1 fully saturated rings. The average molecular weight is 440 g/mol. The third kappa shape index (κ3) is 3.23. The van der Waals surface area contributed by atoms with E-state index in [0.717, 1.165) is 41.1 Å². The second kappa shape index (κ2) is 7.42. The lowest BCUT2D eigenvalue weighted by Crippen LogP contribution is -2.32. The Morgan fingerprint density at radius 3 is 2.84 bits per heavy atom. The molecule has 1 atom stereocenters. The van der Waals surface area contributed by atoms with E-state index in [0.29, 0.717) is 25.9 Å². The Labute approximate surface area is 181 Å². The van der Waals surface area contributed by atoms with Crippen LogP contribution in [0.4, 0.5) is 5.69 Å². The van der Waals surface area contributed by atoms with E-state index < -0.39 is 10.0 Å². The molecule has 9 heteroatoms. The van der Waals surface area contributed by atoms with Crippen molar-refractivity contribution in [3.05, 3.63) is 53.5 Å². The fraction of sp³-hybridized carbons (Fsp3) is 0.409. The van der Waals surface area contributed by atoms with E-state index in [4.69, 9.17) is 0 Å². The molecule has 0 radical (unpaired) electrons. The normalized spacial score (nSPS) is 19.3. The maximum atomic E-state index is 13.6. The summed E-state index contributed by atoms with van der Waals surface area (Å²) < 4.78 is 30.6. The van der Waals surface area contributed by atoms with Crippen molar-refractivity contribution in [1.29, 1.82) is 0 Å². The Kier molecular flexibility index (Phi) is 4.82. The summed E-state index contributed by atoms with van der Waals surface area (Å²) in [4.78, 5) is 18.5. The molecule has 1 aromatic carbocycles. The first kappa shape index (κ1) is 20.1. The third-order valence-electron chi connectivity index (χ3n) is 6.21. The van der Waals surface area contributed by atoms with E-state index in [9.17, 15) is 13.2 Å². The minimum Gasteiger partial charge on any atom is -0.312 e. The molecule has 4 heterocycles. The van der Waals surface area contributed by atoms with Crippen molar-refractivity contribution >= 4 is 27.3 Å². The highest BCUT2D eigenvalue weighted by Crippen LogP contribution is 2.38. The van der Waals surface area contributed by atoms with Crippen LogP contribution >= 0.6 is 0 Å². The Bertz CT molecular complexity index is 1280. The maximum absolute atomic E-state index is 13.6. The van der Waals surface area contributed by atoms with E-state index in [1.165, 1.54) is 0 Å². The molecule has 1 unspecified atom stereocenters. The Hall–Kier alpha value is -2.78. The van der Waals surface area contributed by atoms with Crippen LogP contribution in [0.3, 0.4) is 0 Å². The number of nitrogens with zero attached hydrogens (tertiary/aromatic N) is 5. The van der Waals surface area contributed by atoms with Gasteiger partial charge in [0.1, 0.15) is 0 Å². The van der Waals surface area contributed by atoms with E-state index in [-0.39, 0.29) is 16.8 Å². The number of carbonyl (C=O) groups is 1. The highest BCUT2D eigenvalue weighted by molar-refractivity contribution is 7.89. The van der Waals surface area contributed by atoms with E-state index >= 15 is 0 Å². The van der Waals surface area contributed by atoms with Gasteiger partial charge in [-0.05, 0) is 56.0 Å². The second-order valence-electron chi connectivity index (χ2n) is 8.14. The topological polar surface area (TPSA) is 87.9 Å². The predicted molar refractivity (Wildman–Crippen MR) is 116 cm³/mol. The van der Waals surface area contributed by atoms with Crippen molar-refractivity contribution in [3.8, 4) is 0 Å². The van der Waals surface area contributed by atoms with Crippen LogP contribution in [0, 0.1) is 6.92 Å². The third-order valence-corrected chi connectivity index (χ3v) is 8.12. The zero-order valence-corrected chi connectivity index (χ0v) is 18.5. The van der Waals surface area contributed by atoms with Gasteiger partial charge in [-0.15, -0.1) is 0 Å². The summed E-state index contributed by atoms with van der Waals surface area (Å²) in [6, 6.07) is 8.60. The molecule has 1 amide bonds. The molecule has 31 heavy (non-hydrogen) atoms. The molecule has 5 rings (SSSR count). The van der Waals surface area contributed by atoms with E-state index in [1.54, 1.807) is 38.1 Å². The van der Waals surface area contributed by atoms with E-state index in [1.807, 2.05) is 26.0 Å². The fourth-order valence-corrected chi connectivity index (χ4v) is 6.45. The number of hydrogen-bond acceptors (Lipinski definition) is 5. The number of aryl methyl sites for hydroxylation is 1. The van der Waals surface area contributed by atoms with Gasteiger partial charge in [-0.2, -0.15) is 9.40 Å². The van der Waals surface area contributed by atoms with Crippen molar-refractivity contribution < 1.29 is 13.2 Å². The zero-order valence-electron chi connectivity index (χ0n) is 17.7. The summed E-state index contributed by atoms with van der Waals surface area (Å²) >= 11 is 0. The first-order valence-corrected chi connectivity index (χ1v) is 12.1. The molecule has 0 bridgehead atoms. The first-order valence-electron chi connectivity index (χ1n) is 10.7. The minimum atomic E-state index is -3.69. The summed E-state index contributed by atoms with van der Waals surface area (Å²) in [7, 11) is -3.69. The predicted octanol–water partition coefficient (Wildman–Crippen LogP) is 2.86. The molecule has 0 N–H and O–H groups in total. The van der Waals surface area contributed by atoms with Gasteiger partial charge in [0, 0.05) is 37.5 Å². The second-order valence-corrected chi connectivity index (χ2v) is 10.0. The molecule has 2 aromatic heterocycles. The zero-order chi connectivity index (χ0) is 21.8. The standard InChI is InChI=1S/C22H25N5O3S/c1-3-22(28)25-12-9-16-14-17(6-7-18(16)25)31(29,30)26-11-4-5-19(26)20-8-10-23-21-13-15(2)24-27(20)21/h6-8,10,13-14,19H,3-5,9,11-12H2,1-2H3. The summed E-state index contributed by atoms with van der Waals surface area (Å²) in [5.41, 5.74) is 4.13. The van der Waals surface area contributed by atoms with Gasteiger partial charge in [0.25, 0.3) is 0 Å². The monoisotopic (exact) mass is 439 g/mol. The molecular formula is C22H25N5O3S. The lowest BCUT2D eigenvalue weighted by Gasteiger charge is -2.25. The van der Waals surface area contributed by atoms with Crippen LogP contribution in [0.2, 0.25) is 0 Å². The quantitative estimate of drug-likeness (QED) is 0.624. The van der Waals surface area contributed by atoms with Gasteiger partial charge in [0.05, 0.1) is 22.3 Å². The van der Waals surface area contributed by atoms with E-state index in [2.05, 4.69) is 10.1 Å². The molecule has 0 aliphatic carbocycles. The van der Waals surface area contributed by atoms with Crippen molar-refractivity contribution in [2.45, 2.75) is 50.5 Å². The molecular weight excluding hydrogens is 414 g/mol. The maximum Gasteiger partial charge on any atom is 0.243 e. The Morgan fingerprint density at radius 2 is 2.03 bits per heavy atom. The molecule has 3 aromatic rings. The largest absolute Gasteiger partial charge is 0.312 e.